The summed E-state index contributed by atoms with van der Waals surface area (Å²) in [6.45, 7) is 8.91. The minimum Gasteiger partial charge on any atom is -0.347 e. The zero-order chi connectivity index (χ0) is 17.0. The van der Waals surface area contributed by atoms with Gasteiger partial charge in [-0.1, -0.05) is 6.92 Å². The lowest BCUT2D eigenvalue weighted by molar-refractivity contribution is -0.136. The van der Waals surface area contributed by atoms with Gasteiger partial charge in [0.25, 0.3) is 0 Å². The molecule has 2 heterocycles. The summed E-state index contributed by atoms with van der Waals surface area (Å²) in [5, 5.41) is 9.95. The van der Waals surface area contributed by atoms with E-state index in [0.717, 1.165) is 16.3 Å². The highest BCUT2D eigenvalue weighted by molar-refractivity contribution is 7.15. The van der Waals surface area contributed by atoms with Crippen LogP contribution in [0, 0.1) is 26.7 Å². The number of nitrogens with one attached hydrogen (secondary N) is 2. The van der Waals surface area contributed by atoms with Crippen molar-refractivity contribution in [3.05, 3.63) is 28.5 Å². The number of carbonyl (C=O) groups excluding carboxylic acids is 2. The van der Waals surface area contributed by atoms with Crippen LogP contribution in [0.5, 0.6) is 0 Å². The van der Waals surface area contributed by atoms with Gasteiger partial charge in [-0.15, -0.1) is 11.3 Å². The quantitative estimate of drug-likeness (QED) is 0.813. The van der Waals surface area contributed by atoms with Crippen molar-refractivity contribution < 1.29 is 9.59 Å². The zero-order valence-electron chi connectivity index (χ0n) is 13.7. The maximum atomic E-state index is 11.8. The van der Waals surface area contributed by atoms with E-state index in [4.69, 9.17) is 0 Å². The Kier molecular flexibility index (Phi) is 5.49. The third-order valence-corrected chi connectivity index (χ3v) is 4.08. The summed E-state index contributed by atoms with van der Waals surface area (Å²) in [5.41, 5.74) is 2.05. The molecule has 0 aliphatic heterocycles. The zero-order valence-corrected chi connectivity index (χ0v) is 14.5. The van der Waals surface area contributed by atoms with Gasteiger partial charge in [-0.2, -0.15) is 5.10 Å². The number of hydrogen-bond acceptors (Lipinski definition) is 5. The number of nitrogens with zero attached hydrogens (tertiary/aromatic N) is 3. The largest absolute Gasteiger partial charge is 0.347 e. The van der Waals surface area contributed by atoms with Crippen molar-refractivity contribution in [1.82, 2.24) is 20.1 Å². The molecule has 23 heavy (non-hydrogen) atoms. The predicted molar refractivity (Wildman–Crippen MR) is 89.4 cm³/mol. The number of hydrogen-bond donors (Lipinski definition) is 2. The van der Waals surface area contributed by atoms with Gasteiger partial charge in [-0.25, -0.2) is 4.98 Å². The molecular formula is C15H21N5O2S. The van der Waals surface area contributed by atoms with Crippen molar-refractivity contribution in [2.24, 2.45) is 5.92 Å². The fourth-order valence-electron chi connectivity index (χ4n) is 2.13. The number of carbonyl (C=O) groups is 2. The van der Waals surface area contributed by atoms with Crippen LogP contribution in [0.1, 0.15) is 23.2 Å². The summed E-state index contributed by atoms with van der Waals surface area (Å²) in [4.78, 5) is 28.6. The second kappa shape index (κ2) is 7.36. The molecule has 124 valence electrons. The molecule has 0 saturated carbocycles. The normalized spacial score (nSPS) is 12.0. The standard InChI is InChI=1S/C15H21N5O2S/c1-9(8-20-11(3)5-10(2)19-20)6-16-13(21)14(22)18-15-17-7-12(4)23-15/h5,7,9H,6,8H2,1-4H3,(H,16,21)(H,17,18,22)/t9-/m0/s1. The molecule has 0 spiro atoms. The van der Waals surface area contributed by atoms with E-state index >= 15 is 0 Å². The van der Waals surface area contributed by atoms with Crippen LogP contribution in [0.3, 0.4) is 0 Å². The van der Waals surface area contributed by atoms with Crippen LogP contribution in [0.2, 0.25) is 0 Å². The Morgan fingerprint density at radius 2 is 2.04 bits per heavy atom. The maximum Gasteiger partial charge on any atom is 0.315 e. The highest BCUT2D eigenvalue weighted by Crippen LogP contribution is 2.16. The lowest BCUT2D eigenvalue weighted by atomic mass is 10.2. The SMILES string of the molecule is Cc1cc(C)n(C[C@@H](C)CNC(=O)C(=O)Nc2ncc(C)s2)n1. The van der Waals surface area contributed by atoms with Gasteiger partial charge < -0.3 is 5.32 Å². The fraction of sp³-hybridized carbons (Fsp3) is 0.467. The summed E-state index contributed by atoms with van der Waals surface area (Å²) in [6, 6.07) is 2.01. The van der Waals surface area contributed by atoms with E-state index in [-0.39, 0.29) is 5.92 Å². The molecule has 2 N–H and O–H groups in total. The molecule has 0 bridgehead atoms. The Morgan fingerprint density at radius 3 is 2.61 bits per heavy atom. The number of aromatic nitrogens is 3. The van der Waals surface area contributed by atoms with Crippen molar-refractivity contribution in [3.63, 3.8) is 0 Å². The van der Waals surface area contributed by atoms with Crippen molar-refractivity contribution in [2.45, 2.75) is 34.2 Å². The average Bonchev–Trinajstić information content (AvgIpc) is 3.01. The Balaban J connectivity index is 1.79. The number of thiazole rings is 1. The predicted octanol–water partition coefficient (Wildman–Crippen LogP) is 1.66. The van der Waals surface area contributed by atoms with Gasteiger partial charge in [0, 0.05) is 29.9 Å². The van der Waals surface area contributed by atoms with E-state index in [1.54, 1.807) is 6.20 Å². The molecular weight excluding hydrogens is 314 g/mol. The number of aryl methyl sites for hydroxylation is 3. The van der Waals surface area contributed by atoms with Crippen LogP contribution >= 0.6 is 11.3 Å². The van der Waals surface area contributed by atoms with E-state index < -0.39 is 11.8 Å². The van der Waals surface area contributed by atoms with Gasteiger partial charge in [0.2, 0.25) is 0 Å². The summed E-state index contributed by atoms with van der Waals surface area (Å²) >= 11 is 1.33. The lowest BCUT2D eigenvalue weighted by Gasteiger charge is -2.13. The van der Waals surface area contributed by atoms with Crippen molar-refractivity contribution >= 4 is 28.3 Å². The van der Waals surface area contributed by atoms with Crippen molar-refractivity contribution in [2.75, 3.05) is 11.9 Å². The molecule has 2 amide bonds. The van der Waals surface area contributed by atoms with Crippen LogP contribution in [0.4, 0.5) is 5.13 Å². The van der Waals surface area contributed by atoms with Crippen molar-refractivity contribution in [1.29, 1.82) is 0 Å². The van der Waals surface area contributed by atoms with Gasteiger partial charge in [-0.05, 0) is 32.8 Å². The van der Waals surface area contributed by atoms with Gasteiger partial charge in [0.05, 0.1) is 5.69 Å². The Morgan fingerprint density at radius 1 is 1.30 bits per heavy atom. The molecule has 7 nitrogen and oxygen atoms in total. The molecule has 0 aliphatic rings. The van der Waals surface area contributed by atoms with E-state index in [2.05, 4.69) is 20.7 Å². The molecule has 1 atom stereocenters. The second-order valence-electron chi connectivity index (χ2n) is 5.65. The minimum atomic E-state index is -0.697. The molecule has 0 radical (unpaired) electrons. The molecule has 2 aromatic rings. The van der Waals surface area contributed by atoms with Crippen LogP contribution < -0.4 is 10.6 Å². The van der Waals surface area contributed by atoms with Gasteiger partial charge >= 0.3 is 11.8 Å². The first-order chi connectivity index (χ1) is 10.8. The number of rotatable bonds is 5. The number of amides is 2. The smallest absolute Gasteiger partial charge is 0.315 e. The van der Waals surface area contributed by atoms with E-state index in [1.165, 1.54) is 11.3 Å². The summed E-state index contributed by atoms with van der Waals surface area (Å²) < 4.78 is 1.91. The third kappa shape index (κ3) is 4.88. The molecule has 2 rings (SSSR count). The molecule has 0 fully saturated rings. The lowest BCUT2D eigenvalue weighted by Crippen LogP contribution is -2.38. The summed E-state index contributed by atoms with van der Waals surface area (Å²) in [7, 11) is 0. The first kappa shape index (κ1) is 17.1. The highest BCUT2D eigenvalue weighted by Gasteiger charge is 2.16. The van der Waals surface area contributed by atoms with Gasteiger partial charge in [0.15, 0.2) is 5.13 Å². The maximum absolute atomic E-state index is 11.8. The molecule has 2 aromatic heterocycles. The highest BCUT2D eigenvalue weighted by atomic mass is 32.1. The first-order valence-corrected chi connectivity index (χ1v) is 8.19. The van der Waals surface area contributed by atoms with E-state index in [0.29, 0.717) is 18.2 Å². The van der Waals surface area contributed by atoms with Crippen LogP contribution in [-0.4, -0.2) is 33.1 Å². The Labute approximate surface area is 139 Å². The third-order valence-electron chi connectivity index (χ3n) is 3.25. The van der Waals surface area contributed by atoms with Crippen LogP contribution in [0.25, 0.3) is 0 Å². The average molecular weight is 335 g/mol. The topological polar surface area (TPSA) is 88.9 Å². The number of anilines is 1. The van der Waals surface area contributed by atoms with Gasteiger partial charge in [0.1, 0.15) is 0 Å². The molecule has 8 heteroatoms. The molecule has 0 aliphatic carbocycles. The monoisotopic (exact) mass is 335 g/mol. The first-order valence-electron chi connectivity index (χ1n) is 7.38. The second-order valence-corrected chi connectivity index (χ2v) is 6.89. The fourth-order valence-corrected chi connectivity index (χ4v) is 2.79. The van der Waals surface area contributed by atoms with Crippen LogP contribution in [-0.2, 0) is 16.1 Å². The Hall–Kier alpha value is -2.22. The summed E-state index contributed by atoms with van der Waals surface area (Å²) in [6.07, 6.45) is 1.65. The Bertz CT molecular complexity index is 707. The van der Waals surface area contributed by atoms with E-state index in [9.17, 15) is 9.59 Å². The summed E-state index contributed by atoms with van der Waals surface area (Å²) in [5.74, 6) is -1.19. The van der Waals surface area contributed by atoms with Gasteiger partial charge in [-0.3, -0.25) is 19.6 Å². The molecule has 0 saturated heterocycles. The molecule has 0 unspecified atom stereocenters. The van der Waals surface area contributed by atoms with Crippen molar-refractivity contribution in [3.8, 4) is 0 Å². The van der Waals surface area contributed by atoms with Crippen LogP contribution in [0.15, 0.2) is 12.3 Å². The van der Waals surface area contributed by atoms with E-state index in [1.807, 2.05) is 38.4 Å². The molecule has 0 aromatic carbocycles. The minimum absolute atomic E-state index is 0.159.